The maximum Gasteiger partial charge on any atom is 0.422 e. The standard InChI is InChI=1S/C14H18F3N3O3/c15-14(16,17)9-23-11-6-4-10(5-7-11)20-12(21)3-1-2-8-19-13(18)22/h4-7H,1-3,8-9H2,(H,20,21)(H3,18,19,22). The number of rotatable bonds is 8. The SMILES string of the molecule is NC(=O)NCCCCC(=O)Nc1ccc(OCC(F)(F)F)cc1. The Morgan fingerprint density at radius 2 is 1.78 bits per heavy atom. The molecule has 1 aromatic rings. The zero-order chi connectivity index (χ0) is 17.3. The van der Waals surface area contributed by atoms with E-state index in [2.05, 4.69) is 15.4 Å². The monoisotopic (exact) mass is 333 g/mol. The van der Waals surface area contributed by atoms with Crippen LogP contribution in [0.3, 0.4) is 0 Å². The van der Waals surface area contributed by atoms with Crippen molar-refractivity contribution in [1.29, 1.82) is 0 Å². The molecule has 9 heteroatoms. The summed E-state index contributed by atoms with van der Waals surface area (Å²) >= 11 is 0. The van der Waals surface area contributed by atoms with Gasteiger partial charge in [0.25, 0.3) is 0 Å². The van der Waals surface area contributed by atoms with Crippen molar-refractivity contribution in [3.8, 4) is 5.75 Å². The minimum Gasteiger partial charge on any atom is -0.484 e. The van der Waals surface area contributed by atoms with E-state index in [1.54, 1.807) is 0 Å². The van der Waals surface area contributed by atoms with E-state index in [9.17, 15) is 22.8 Å². The van der Waals surface area contributed by atoms with Crippen molar-refractivity contribution in [1.82, 2.24) is 5.32 Å². The second kappa shape index (κ2) is 8.86. The average molecular weight is 333 g/mol. The van der Waals surface area contributed by atoms with Gasteiger partial charge in [-0.05, 0) is 37.1 Å². The van der Waals surface area contributed by atoms with Gasteiger partial charge in [0, 0.05) is 18.7 Å². The van der Waals surface area contributed by atoms with Crippen molar-refractivity contribution in [3.05, 3.63) is 24.3 Å². The first-order valence-corrected chi connectivity index (χ1v) is 6.89. The van der Waals surface area contributed by atoms with Crippen molar-refractivity contribution in [2.24, 2.45) is 5.73 Å². The largest absolute Gasteiger partial charge is 0.484 e. The molecule has 0 fully saturated rings. The Morgan fingerprint density at radius 3 is 2.35 bits per heavy atom. The third-order valence-electron chi connectivity index (χ3n) is 2.67. The van der Waals surface area contributed by atoms with Crippen molar-refractivity contribution in [3.63, 3.8) is 0 Å². The maximum absolute atomic E-state index is 12.0. The lowest BCUT2D eigenvalue weighted by Gasteiger charge is -2.10. The molecule has 0 aromatic heterocycles. The van der Waals surface area contributed by atoms with Gasteiger partial charge in [-0.3, -0.25) is 4.79 Å². The molecular formula is C14H18F3N3O3. The Hall–Kier alpha value is -2.45. The molecule has 1 rings (SSSR count). The van der Waals surface area contributed by atoms with Crippen LogP contribution in [0.2, 0.25) is 0 Å². The number of amides is 3. The molecule has 1 aromatic carbocycles. The Morgan fingerprint density at radius 1 is 1.13 bits per heavy atom. The summed E-state index contributed by atoms with van der Waals surface area (Å²) in [7, 11) is 0. The summed E-state index contributed by atoms with van der Waals surface area (Å²) in [6.45, 7) is -0.966. The zero-order valence-corrected chi connectivity index (χ0v) is 12.3. The van der Waals surface area contributed by atoms with E-state index in [-0.39, 0.29) is 18.1 Å². The predicted octanol–water partition coefficient (Wildman–Crippen LogP) is 2.40. The minimum atomic E-state index is -4.39. The number of nitrogens with one attached hydrogen (secondary N) is 2. The summed E-state index contributed by atoms with van der Waals surface area (Å²) in [5.74, 6) is -0.161. The second-order valence-corrected chi connectivity index (χ2v) is 4.72. The topological polar surface area (TPSA) is 93.5 Å². The number of anilines is 1. The van der Waals surface area contributed by atoms with Gasteiger partial charge in [-0.15, -0.1) is 0 Å². The number of halogens is 3. The summed E-state index contributed by atoms with van der Waals surface area (Å²) in [6, 6.07) is 4.99. The van der Waals surface area contributed by atoms with Gasteiger partial charge in [0.2, 0.25) is 5.91 Å². The number of nitrogens with two attached hydrogens (primary N) is 1. The summed E-state index contributed by atoms with van der Waals surface area (Å²) < 4.78 is 40.6. The Kier molecular flexibility index (Phi) is 7.17. The Labute approximate surface area is 131 Å². The number of benzene rings is 1. The molecule has 0 bridgehead atoms. The van der Waals surface area contributed by atoms with E-state index in [1.165, 1.54) is 24.3 Å². The van der Waals surface area contributed by atoms with Crippen LogP contribution in [-0.2, 0) is 4.79 Å². The smallest absolute Gasteiger partial charge is 0.422 e. The van der Waals surface area contributed by atoms with Gasteiger partial charge in [-0.1, -0.05) is 0 Å². The molecule has 0 atom stereocenters. The first-order chi connectivity index (χ1) is 10.8. The number of carbonyl (C=O) groups is 2. The molecule has 0 saturated heterocycles. The molecule has 0 aliphatic carbocycles. The molecule has 0 heterocycles. The van der Waals surface area contributed by atoms with E-state index in [0.29, 0.717) is 25.1 Å². The lowest BCUT2D eigenvalue weighted by Crippen LogP contribution is -2.30. The molecule has 0 spiro atoms. The molecule has 0 unspecified atom stereocenters. The first kappa shape index (κ1) is 18.6. The summed E-state index contributed by atoms with van der Waals surface area (Å²) in [6.07, 6.45) is -2.96. The van der Waals surface area contributed by atoms with E-state index < -0.39 is 18.8 Å². The lowest BCUT2D eigenvalue weighted by atomic mass is 10.2. The highest BCUT2D eigenvalue weighted by Crippen LogP contribution is 2.20. The van der Waals surface area contributed by atoms with Crippen LogP contribution in [0.25, 0.3) is 0 Å². The molecule has 128 valence electrons. The van der Waals surface area contributed by atoms with Crippen LogP contribution in [0, 0.1) is 0 Å². The van der Waals surface area contributed by atoms with Gasteiger partial charge >= 0.3 is 12.2 Å². The number of alkyl halides is 3. The molecule has 6 nitrogen and oxygen atoms in total. The average Bonchev–Trinajstić information content (AvgIpc) is 2.45. The van der Waals surface area contributed by atoms with Crippen LogP contribution in [-0.4, -0.2) is 31.3 Å². The normalized spacial score (nSPS) is 10.9. The highest BCUT2D eigenvalue weighted by atomic mass is 19.4. The van der Waals surface area contributed by atoms with E-state index in [4.69, 9.17) is 5.73 Å². The van der Waals surface area contributed by atoms with Crippen LogP contribution < -0.4 is 21.1 Å². The van der Waals surface area contributed by atoms with Crippen molar-refractivity contribution in [2.75, 3.05) is 18.5 Å². The fraction of sp³-hybridized carbons (Fsp3) is 0.429. The highest BCUT2D eigenvalue weighted by Gasteiger charge is 2.28. The third-order valence-corrected chi connectivity index (χ3v) is 2.67. The minimum absolute atomic E-state index is 0.0675. The van der Waals surface area contributed by atoms with E-state index in [0.717, 1.165) is 0 Å². The van der Waals surface area contributed by atoms with Crippen LogP contribution in [0.4, 0.5) is 23.7 Å². The molecular weight excluding hydrogens is 315 g/mol. The number of urea groups is 1. The predicted molar refractivity (Wildman–Crippen MR) is 78.1 cm³/mol. The van der Waals surface area contributed by atoms with Crippen molar-refractivity contribution >= 4 is 17.6 Å². The van der Waals surface area contributed by atoms with Crippen molar-refractivity contribution < 1.29 is 27.5 Å². The highest BCUT2D eigenvalue weighted by molar-refractivity contribution is 5.90. The van der Waals surface area contributed by atoms with Gasteiger partial charge in [-0.25, -0.2) is 4.79 Å². The molecule has 0 radical (unpaired) electrons. The summed E-state index contributed by atoms with van der Waals surface area (Å²) in [5.41, 5.74) is 5.35. The lowest BCUT2D eigenvalue weighted by molar-refractivity contribution is -0.153. The van der Waals surface area contributed by atoms with Crippen LogP contribution >= 0.6 is 0 Å². The number of unbranched alkanes of at least 4 members (excludes halogenated alkanes) is 1. The number of ether oxygens (including phenoxy) is 1. The molecule has 0 aliphatic rings. The van der Waals surface area contributed by atoms with Crippen LogP contribution in [0.1, 0.15) is 19.3 Å². The van der Waals surface area contributed by atoms with Gasteiger partial charge < -0.3 is 21.1 Å². The quantitative estimate of drug-likeness (QED) is 0.638. The molecule has 0 saturated carbocycles. The summed E-state index contributed by atoms with van der Waals surface area (Å²) in [5, 5.41) is 5.02. The molecule has 23 heavy (non-hydrogen) atoms. The molecule has 0 aliphatic heterocycles. The summed E-state index contributed by atoms with van der Waals surface area (Å²) in [4.78, 5) is 22.1. The Balaban J connectivity index is 2.28. The van der Waals surface area contributed by atoms with Crippen LogP contribution in [0.5, 0.6) is 5.75 Å². The molecule has 3 amide bonds. The van der Waals surface area contributed by atoms with Gasteiger partial charge in [0.1, 0.15) is 5.75 Å². The van der Waals surface area contributed by atoms with Gasteiger partial charge in [-0.2, -0.15) is 13.2 Å². The number of primary amides is 1. The third kappa shape index (κ3) is 9.22. The first-order valence-electron chi connectivity index (χ1n) is 6.89. The maximum atomic E-state index is 12.0. The van der Waals surface area contributed by atoms with E-state index in [1.807, 2.05) is 0 Å². The number of carbonyl (C=O) groups excluding carboxylic acids is 2. The van der Waals surface area contributed by atoms with Gasteiger partial charge in [0.05, 0.1) is 0 Å². The van der Waals surface area contributed by atoms with Crippen molar-refractivity contribution in [2.45, 2.75) is 25.4 Å². The second-order valence-electron chi connectivity index (χ2n) is 4.72. The van der Waals surface area contributed by atoms with E-state index >= 15 is 0 Å². The number of hydrogen-bond donors (Lipinski definition) is 3. The molecule has 4 N–H and O–H groups in total. The fourth-order valence-corrected chi connectivity index (χ4v) is 1.65. The Bertz CT molecular complexity index is 518. The van der Waals surface area contributed by atoms with Gasteiger partial charge in [0.15, 0.2) is 6.61 Å². The zero-order valence-electron chi connectivity index (χ0n) is 12.3. The number of hydrogen-bond acceptors (Lipinski definition) is 3. The van der Waals surface area contributed by atoms with Crippen LogP contribution in [0.15, 0.2) is 24.3 Å². The fourth-order valence-electron chi connectivity index (χ4n) is 1.65.